The molecule has 0 unspecified atom stereocenters. The van der Waals surface area contributed by atoms with E-state index in [4.69, 9.17) is 5.73 Å². The summed E-state index contributed by atoms with van der Waals surface area (Å²) in [6.45, 7) is 6.13. The molecule has 1 aliphatic rings. The van der Waals surface area contributed by atoms with Gasteiger partial charge in [-0.2, -0.15) is 0 Å². The number of hydrogen-bond acceptors (Lipinski definition) is 4. The topological polar surface area (TPSA) is 111 Å². The van der Waals surface area contributed by atoms with Crippen LogP contribution in [0.25, 0.3) is 11.3 Å². The highest BCUT2D eigenvalue weighted by atomic mass is 16.3. The van der Waals surface area contributed by atoms with Crippen molar-refractivity contribution >= 4 is 11.8 Å². The van der Waals surface area contributed by atoms with Crippen molar-refractivity contribution in [1.82, 2.24) is 15.2 Å². The molecule has 0 aliphatic carbocycles. The van der Waals surface area contributed by atoms with Crippen molar-refractivity contribution in [3.05, 3.63) is 48.2 Å². The van der Waals surface area contributed by atoms with Gasteiger partial charge in [0.25, 0.3) is 0 Å². The average molecular weight is 399 g/mol. The van der Waals surface area contributed by atoms with Crippen molar-refractivity contribution in [3.8, 4) is 11.3 Å². The summed E-state index contributed by atoms with van der Waals surface area (Å²) in [6.07, 6.45) is 1.38. The summed E-state index contributed by atoms with van der Waals surface area (Å²) < 4.78 is 0. The first kappa shape index (κ1) is 21.1. The van der Waals surface area contributed by atoms with Gasteiger partial charge >= 0.3 is 0 Å². The van der Waals surface area contributed by atoms with E-state index in [0.29, 0.717) is 6.54 Å². The number of benzene rings is 1. The van der Waals surface area contributed by atoms with E-state index in [2.05, 4.69) is 10.3 Å². The minimum atomic E-state index is -0.733. The number of nitrogens with zero attached hydrogens (tertiary/aromatic N) is 1. The van der Waals surface area contributed by atoms with Gasteiger partial charge in [-0.3, -0.25) is 9.59 Å². The molecular weight excluding hydrogens is 368 g/mol. The molecule has 7 nitrogen and oxygen atoms in total. The summed E-state index contributed by atoms with van der Waals surface area (Å²) in [5.74, 6) is -0.575. The quantitative estimate of drug-likeness (QED) is 0.613. The van der Waals surface area contributed by atoms with Crippen molar-refractivity contribution in [3.63, 3.8) is 0 Å². The lowest BCUT2D eigenvalue weighted by molar-refractivity contribution is -0.141. The van der Waals surface area contributed by atoms with E-state index < -0.39 is 23.6 Å². The third-order valence-corrected chi connectivity index (χ3v) is 5.39. The van der Waals surface area contributed by atoms with Crippen LogP contribution in [0.2, 0.25) is 0 Å². The van der Waals surface area contributed by atoms with Crippen LogP contribution < -0.4 is 11.1 Å². The van der Waals surface area contributed by atoms with Crippen LogP contribution in [0, 0.1) is 5.41 Å². The highest BCUT2D eigenvalue weighted by Crippen LogP contribution is 2.25. The maximum atomic E-state index is 12.8. The number of H-pyrrole nitrogens is 1. The van der Waals surface area contributed by atoms with Crippen LogP contribution in [0.4, 0.5) is 0 Å². The number of hydrogen-bond donors (Lipinski definition) is 4. The Bertz CT molecular complexity index is 840. The van der Waals surface area contributed by atoms with E-state index in [1.54, 1.807) is 0 Å². The average Bonchev–Trinajstić information content (AvgIpc) is 3.34. The maximum absolute atomic E-state index is 12.8. The number of aliphatic hydroxyl groups excluding tert-OH is 1. The van der Waals surface area contributed by atoms with E-state index in [1.165, 1.54) is 4.90 Å². The molecule has 3 rings (SSSR count). The summed E-state index contributed by atoms with van der Waals surface area (Å²) in [7, 11) is 0. The Morgan fingerprint density at radius 1 is 1.28 bits per heavy atom. The second kappa shape index (κ2) is 8.39. The summed E-state index contributed by atoms with van der Waals surface area (Å²) in [6, 6.07) is 10.4. The number of aliphatic hydroxyl groups is 1. The molecule has 3 atom stereocenters. The number of aromatic amines is 1. The number of nitrogens with one attached hydrogen (secondary N) is 2. The fraction of sp³-hybridized carbons (Fsp3) is 0.455. The van der Waals surface area contributed by atoms with Crippen molar-refractivity contribution in [1.29, 1.82) is 0 Å². The van der Waals surface area contributed by atoms with Crippen molar-refractivity contribution in [2.45, 2.75) is 51.9 Å². The number of carbonyl (C=O) groups excluding carboxylic acids is 2. The van der Waals surface area contributed by atoms with Gasteiger partial charge in [-0.15, -0.1) is 0 Å². The molecule has 0 saturated carbocycles. The first-order valence-electron chi connectivity index (χ1n) is 9.91. The number of amides is 2. The molecule has 0 bridgehead atoms. The zero-order chi connectivity index (χ0) is 21.2. The molecular formula is C22H30N4O3. The first-order chi connectivity index (χ1) is 13.7. The van der Waals surface area contributed by atoms with E-state index in [1.807, 2.05) is 63.4 Å². The van der Waals surface area contributed by atoms with E-state index in [9.17, 15) is 14.7 Å². The zero-order valence-corrected chi connectivity index (χ0v) is 17.2. The summed E-state index contributed by atoms with van der Waals surface area (Å²) in [5, 5.41) is 12.9. The van der Waals surface area contributed by atoms with Gasteiger partial charge < -0.3 is 26.0 Å². The van der Waals surface area contributed by atoms with Crippen LogP contribution in [0.5, 0.6) is 0 Å². The zero-order valence-electron chi connectivity index (χ0n) is 17.2. The van der Waals surface area contributed by atoms with Gasteiger partial charge in [0.15, 0.2) is 0 Å². The van der Waals surface area contributed by atoms with Crippen LogP contribution in [0.3, 0.4) is 0 Å². The minimum Gasteiger partial charge on any atom is -0.391 e. The molecule has 1 fully saturated rings. The van der Waals surface area contributed by atoms with Crippen molar-refractivity contribution in [2.75, 3.05) is 6.54 Å². The normalized spacial score (nSPS) is 20.5. The first-order valence-corrected chi connectivity index (χ1v) is 9.91. The molecule has 1 saturated heterocycles. The SMILES string of the molecule is CC(C)(C)[C@H](N)C(=O)N1C[C@H](O)C[C@H]1C(=O)NCc1ccc(-c2ccc[nH]2)cc1. The molecule has 1 aliphatic heterocycles. The van der Waals surface area contributed by atoms with Crippen LogP contribution in [0.15, 0.2) is 42.6 Å². The van der Waals surface area contributed by atoms with E-state index in [0.717, 1.165) is 16.8 Å². The number of nitrogens with two attached hydrogens (primary N) is 1. The van der Waals surface area contributed by atoms with Crippen LogP contribution in [-0.2, 0) is 16.1 Å². The standard InChI is InChI=1S/C22H30N4O3/c1-22(2,3)19(23)21(29)26-13-16(27)11-18(26)20(28)25-12-14-6-8-15(9-7-14)17-5-4-10-24-17/h4-10,16,18-19,24,27H,11-13,23H2,1-3H3,(H,25,28)/t16-,18+,19-/m1/s1. The van der Waals surface area contributed by atoms with Crippen LogP contribution in [0.1, 0.15) is 32.8 Å². The summed E-state index contributed by atoms with van der Waals surface area (Å²) in [4.78, 5) is 30.1. The third-order valence-electron chi connectivity index (χ3n) is 5.39. The molecule has 5 N–H and O–H groups in total. The second-order valence-corrected chi connectivity index (χ2v) is 8.74. The number of rotatable bonds is 5. The van der Waals surface area contributed by atoms with Gasteiger partial charge in [-0.25, -0.2) is 0 Å². The largest absolute Gasteiger partial charge is 0.391 e. The predicted octanol–water partition coefficient (Wildman–Crippen LogP) is 1.63. The minimum absolute atomic E-state index is 0.131. The highest BCUT2D eigenvalue weighted by molar-refractivity contribution is 5.90. The lowest BCUT2D eigenvalue weighted by atomic mass is 9.86. The Hall–Kier alpha value is -2.64. The Kier molecular flexibility index (Phi) is 6.10. The summed E-state index contributed by atoms with van der Waals surface area (Å²) in [5.41, 5.74) is 8.72. The Morgan fingerprint density at radius 2 is 1.97 bits per heavy atom. The number of β-amino-alcohol motifs (C(OH)–C–C–N with tert-alkyl or cyclic N) is 1. The fourth-order valence-corrected chi connectivity index (χ4v) is 3.47. The fourth-order valence-electron chi connectivity index (χ4n) is 3.47. The van der Waals surface area contributed by atoms with E-state index in [-0.39, 0.29) is 24.8 Å². The monoisotopic (exact) mass is 398 g/mol. The highest BCUT2D eigenvalue weighted by Gasteiger charge is 2.42. The predicted molar refractivity (Wildman–Crippen MR) is 112 cm³/mol. The van der Waals surface area contributed by atoms with Gasteiger partial charge in [-0.05, 0) is 28.7 Å². The summed E-state index contributed by atoms with van der Waals surface area (Å²) >= 11 is 0. The molecule has 0 spiro atoms. The van der Waals surface area contributed by atoms with Gasteiger partial charge in [0.1, 0.15) is 6.04 Å². The molecule has 2 heterocycles. The number of likely N-dealkylation sites (tertiary alicyclic amines) is 1. The van der Waals surface area contributed by atoms with E-state index >= 15 is 0 Å². The van der Waals surface area contributed by atoms with Gasteiger partial charge in [0, 0.05) is 31.4 Å². The van der Waals surface area contributed by atoms with Crippen LogP contribution >= 0.6 is 0 Å². The van der Waals surface area contributed by atoms with Gasteiger partial charge in [0.2, 0.25) is 11.8 Å². The van der Waals surface area contributed by atoms with Gasteiger partial charge in [-0.1, -0.05) is 45.0 Å². The lowest BCUT2D eigenvalue weighted by Crippen LogP contribution is -2.54. The molecule has 29 heavy (non-hydrogen) atoms. The Morgan fingerprint density at radius 3 is 2.55 bits per heavy atom. The Labute approximate surface area is 171 Å². The molecule has 2 amide bonds. The van der Waals surface area contributed by atoms with Gasteiger partial charge in [0.05, 0.1) is 12.1 Å². The number of carbonyl (C=O) groups is 2. The molecule has 156 valence electrons. The van der Waals surface area contributed by atoms with Crippen LogP contribution in [-0.4, -0.2) is 51.5 Å². The van der Waals surface area contributed by atoms with Crippen molar-refractivity contribution in [2.24, 2.45) is 11.1 Å². The third kappa shape index (κ3) is 4.86. The molecule has 1 aromatic heterocycles. The number of aromatic nitrogens is 1. The molecule has 7 heteroatoms. The second-order valence-electron chi connectivity index (χ2n) is 8.74. The lowest BCUT2D eigenvalue weighted by Gasteiger charge is -2.32. The molecule has 1 aromatic carbocycles. The smallest absolute Gasteiger partial charge is 0.243 e. The van der Waals surface area contributed by atoms with Crippen molar-refractivity contribution < 1.29 is 14.7 Å². The molecule has 0 radical (unpaired) electrons. The maximum Gasteiger partial charge on any atom is 0.243 e. The Balaban J connectivity index is 1.62. The molecule has 2 aromatic rings.